The number of nitrogens with two attached hydrogens (primary N) is 1. The van der Waals surface area contributed by atoms with Crippen molar-refractivity contribution < 1.29 is 132 Å². The summed E-state index contributed by atoms with van der Waals surface area (Å²) in [6.07, 6.45) is -14.4. The zero-order chi connectivity index (χ0) is 40.6. The van der Waals surface area contributed by atoms with Crippen LogP contribution in [0.25, 0.3) is 22.3 Å². The van der Waals surface area contributed by atoms with Gasteiger partial charge in [-0.05, 0) is 11.1 Å². The van der Waals surface area contributed by atoms with E-state index < -0.39 is 95.2 Å². The van der Waals surface area contributed by atoms with Crippen molar-refractivity contribution in [2.75, 3.05) is 12.3 Å². The molecule has 59 heavy (non-hydrogen) atoms. The molecule has 2 aliphatic heterocycles. The van der Waals surface area contributed by atoms with Gasteiger partial charge in [0.15, 0.2) is 29.3 Å². The van der Waals surface area contributed by atoms with Crippen molar-refractivity contribution in [3.8, 4) is 11.1 Å². The van der Waals surface area contributed by atoms with Crippen LogP contribution in [-0.2, 0) is 44.1 Å². The number of nitrogens with zero attached hydrogens (tertiary/aromatic N) is 6. The second-order valence-corrected chi connectivity index (χ2v) is 16.3. The summed E-state index contributed by atoms with van der Waals surface area (Å²) < 4.78 is 51.8. The van der Waals surface area contributed by atoms with Crippen molar-refractivity contribution in [2.24, 2.45) is 0 Å². The maximum atomic E-state index is 12.8. The van der Waals surface area contributed by atoms with Crippen LogP contribution in [-0.4, -0.2) is 121 Å². The average Bonchev–Trinajstić information content (AvgIpc) is 3.93. The van der Waals surface area contributed by atoms with Crippen LogP contribution in [0.2, 0.25) is 0 Å². The van der Waals surface area contributed by atoms with Crippen LogP contribution in [0.5, 0.6) is 0 Å². The van der Waals surface area contributed by atoms with E-state index in [9.17, 15) is 54.4 Å². The smallest absolute Gasteiger partial charge is 0.756 e. The van der Waals surface area contributed by atoms with Crippen molar-refractivity contribution in [2.45, 2.75) is 67.4 Å². The largest absolute Gasteiger partial charge is 1.00 e. The van der Waals surface area contributed by atoms with E-state index >= 15 is 0 Å². The third kappa shape index (κ3) is 8.58. The Morgan fingerprint density at radius 3 is 2.17 bits per heavy atom. The van der Waals surface area contributed by atoms with E-state index in [1.165, 1.54) is 6.20 Å². The van der Waals surface area contributed by atoms with Crippen LogP contribution in [0.1, 0.15) is 23.0 Å². The summed E-state index contributed by atoms with van der Waals surface area (Å²) in [7, 11) is -12.0. The van der Waals surface area contributed by atoms with E-state index in [0.29, 0.717) is 11.1 Å². The number of benzene rings is 2. The van der Waals surface area contributed by atoms with Crippen LogP contribution in [0.15, 0.2) is 65.8 Å². The number of aliphatic hydroxyl groups is 6. The fraction of sp³-hybridized carbons (Fsp3) is 0.387. The zero-order valence-electron chi connectivity index (χ0n) is 30.8. The number of aromatic amines is 1. The van der Waals surface area contributed by atoms with E-state index in [2.05, 4.69) is 38.6 Å². The molecular weight excluding hydrogens is 848 g/mol. The summed E-state index contributed by atoms with van der Waals surface area (Å²) in [5.74, 6) is -0.300. The molecule has 8 rings (SSSR count). The summed E-state index contributed by atoms with van der Waals surface area (Å²) in [5, 5.41) is 73.0. The molecule has 304 valence electrons. The predicted octanol–water partition coefficient (Wildman–Crippen LogP) is -9.32. The normalized spacial score (nSPS) is 29.1. The van der Waals surface area contributed by atoms with Gasteiger partial charge in [0.25, 0.3) is 21.2 Å². The van der Waals surface area contributed by atoms with Gasteiger partial charge in [0.1, 0.15) is 48.4 Å². The Morgan fingerprint density at radius 2 is 1.51 bits per heavy atom. The first kappa shape index (κ1) is 46.2. The number of phosphoric ester groups is 2. The molecule has 0 spiro atoms. The third-order valence-electron chi connectivity index (χ3n) is 9.76. The molecule has 28 heteroatoms. The molecule has 24 nitrogen and oxygen atoms in total. The van der Waals surface area contributed by atoms with Gasteiger partial charge in [-0.15, -0.1) is 5.10 Å². The second-order valence-electron chi connectivity index (χ2n) is 13.3. The molecule has 2 aromatic carbocycles. The number of imidazole rings is 1. The van der Waals surface area contributed by atoms with Crippen LogP contribution in [0, 0.1) is 0 Å². The Balaban J connectivity index is 0.00000293. The van der Waals surface area contributed by atoms with Gasteiger partial charge < -0.3 is 60.2 Å². The molecular formula is C31H32N8Na2O16P2. The fourth-order valence-corrected chi connectivity index (χ4v) is 9.14. The molecule has 0 radical (unpaired) electrons. The van der Waals surface area contributed by atoms with Crippen molar-refractivity contribution in [3.05, 3.63) is 88.2 Å². The van der Waals surface area contributed by atoms with Crippen molar-refractivity contribution in [1.29, 1.82) is 0 Å². The fourth-order valence-electron chi connectivity index (χ4n) is 7.06. The Morgan fingerprint density at radius 1 is 0.881 bits per heavy atom. The predicted molar refractivity (Wildman–Crippen MR) is 183 cm³/mol. The summed E-state index contributed by atoms with van der Waals surface area (Å²) in [6.45, 7) is -1.56. The summed E-state index contributed by atoms with van der Waals surface area (Å²) in [6, 6.07) is 14.3. The number of rotatable bonds is 11. The molecule has 0 saturated carbocycles. The number of ether oxygens (including phenoxy) is 2. The number of phosphoric acid groups is 2. The number of nitrogens with one attached hydrogen (secondary N) is 1. The molecule has 5 heterocycles. The van der Waals surface area contributed by atoms with Gasteiger partial charge in [-0.1, -0.05) is 53.7 Å². The van der Waals surface area contributed by atoms with Gasteiger partial charge in [-0.3, -0.25) is 28.0 Å². The number of hydrogen-bond acceptors (Lipinski definition) is 21. The van der Waals surface area contributed by atoms with Crippen molar-refractivity contribution in [1.82, 2.24) is 34.5 Å². The number of aliphatic hydroxyl groups excluding tert-OH is 5. The van der Waals surface area contributed by atoms with Gasteiger partial charge in [-0.25, -0.2) is 14.0 Å². The van der Waals surface area contributed by atoms with Gasteiger partial charge in [0.05, 0.1) is 25.7 Å². The van der Waals surface area contributed by atoms with Gasteiger partial charge in [0.2, 0.25) is 5.95 Å². The maximum Gasteiger partial charge on any atom is 1.00 e. The molecule has 1 aliphatic carbocycles. The van der Waals surface area contributed by atoms with Gasteiger partial charge in [0, 0.05) is 11.1 Å². The molecule has 3 aliphatic rings. The maximum absolute atomic E-state index is 12.8. The van der Waals surface area contributed by atoms with Gasteiger partial charge >= 0.3 is 59.1 Å². The molecule has 2 saturated heterocycles. The second kappa shape index (κ2) is 17.4. The number of anilines is 1. The van der Waals surface area contributed by atoms with Crippen LogP contribution >= 0.6 is 15.6 Å². The Kier molecular flexibility index (Phi) is 13.7. The minimum atomic E-state index is -6.05. The first-order chi connectivity index (χ1) is 27.0. The number of aromatic nitrogens is 7. The summed E-state index contributed by atoms with van der Waals surface area (Å²) >= 11 is 0. The van der Waals surface area contributed by atoms with Crippen LogP contribution in [0.3, 0.4) is 0 Å². The van der Waals surface area contributed by atoms with Crippen molar-refractivity contribution in [3.63, 3.8) is 0 Å². The molecule has 2 unspecified atom stereocenters. The third-order valence-corrected chi connectivity index (χ3v) is 12.3. The van der Waals surface area contributed by atoms with E-state index in [4.69, 9.17) is 15.2 Å². The summed E-state index contributed by atoms with van der Waals surface area (Å²) in [4.78, 5) is 47.5. The SMILES string of the molecule is Nc1nc2c(ncn2[C@@H]2O[C@H](COP(=O)([O-])OP(=O)([O-])O[C@H]3O[C@@H](Cn4cc(C5(O)c6ccccc6-c6ccccc65)nn4)[C@@H](O)[C@@H](O)[C@@H]3O)[C@@H](O)[C@H]2O)c(=O)[nH]1.[Na+].[Na+]. The number of hydrogen-bond donors (Lipinski definition) is 8. The number of nitrogen functional groups attached to an aromatic ring is 1. The van der Waals surface area contributed by atoms with E-state index in [1.54, 1.807) is 24.3 Å². The molecule has 9 N–H and O–H groups in total. The topological polar surface area (TPSA) is 368 Å². The molecule has 3 aromatic heterocycles. The summed E-state index contributed by atoms with van der Waals surface area (Å²) in [5.41, 5.74) is 5.48. The minimum Gasteiger partial charge on any atom is -0.756 e. The quantitative estimate of drug-likeness (QED) is 0.0451. The van der Waals surface area contributed by atoms with Crippen molar-refractivity contribution >= 4 is 32.8 Å². The zero-order valence-corrected chi connectivity index (χ0v) is 36.6. The molecule has 11 atom stereocenters. The first-order valence-corrected chi connectivity index (χ1v) is 19.8. The minimum absolute atomic E-state index is 0. The van der Waals surface area contributed by atoms with E-state index in [-0.39, 0.29) is 81.9 Å². The van der Waals surface area contributed by atoms with E-state index in [0.717, 1.165) is 26.7 Å². The Bertz CT molecular complexity index is 2450. The number of fused-ring (bicyclic) bond motifs is 4. The van der Waals surface area contributed by atoms with Gasteiger partial charge in [-0.2, -0.15) is 4.98 Å². The first-order valence-electron chi connectivity index (χ1n) is 16.9. The van der Waals surface area contributed by atoms with Crippen LogP contribution < -0.4 is 80.2 Å². The monoisotopic (exact) mass is 880 g/mol. The molecule has 5 aromatic rings. The molecule has 0 bridgehead atoms. The molecule has 0 amide bonds. The number of H-pyrrole nitrogens is 1. The molecule has 2 fully saturated rings. The average molecular weight is 881 g/mol. The standard InChI is InChI=1S/C31H34N8O16P2.2Na/c32-30-34-26-20(27(45)35-30)33-12-39(26)28-24(43)22(41)18(52-28)11-51-56(47,48)55-57(49,50)54-29-25(44)23(42)21(40)17(53-29)9-38-10-19(36-37-38)31(46)15-7-3-1-5-13(15)14-6-2-4-8-16(14)31;;/h1-8,10,12,17-18,21-25,28-29,40-44,46H,9,11H2,(H,47,48)(H,49,50)(H3,32,34,35,45);;/q;2*+1/p-2/t17-,18+,21+,22+,23+,24+,25-,28+,29+;;/m0../s1. The van der Waals surface area contributed by atoms with E-state index in [1.807, 2.05) is 24.3 Å². The Labute approximate surface area is 375 Å². The Hall–Kier alpha value is -2.33. The van der Waals surface area contributed by atoms with Crippen LogP contribution in [0.4, 0.5) is 5.95 Å².